The minimum Gasteiger partial charge on any atom is -0.481 e. The molecule has 9 nitrogen and oxygen atoms in total. The van der Waals surface area contributed by atoms with Gasteiger partial charge in [0.05, 0.1) is 31.8 Å². The molecular weight excluding hydrogens is 370 g/mol. The Morgan fingerprint density at radius 2 is 1.68 bits per heavy atom. The molecular formula is C19H17NO8. The monoisotopic (exact) mass is 387 g/mol. The van der Waals surface area contributed by atoms with Crippen LogP contribution in [0.1, 0.15) is 15.9 Å². The number of carboxylic acids is 2. The Bertz CT molecular complexity index is 926. The molecule has 1 aromatic carbocycles. The van der Waals surface area contributed by atoms with Crippen molar-refractivity contribution in [2.75, 3.05) is 19.1 Å². The summed E-state index contributed by atoms with van der Waals surface area (Å²) in [6.07, 6.45) is 5.37. The first-order chi connectivity index (χ1) is 13.3. The van der Waals surface area contributed by atoms with Gasteiger partial charge in [0.15, 0.2) is 0 Å². The number of hydrogen-bond acceptors (Lipinski definition) is 7. The highest BCUT2D eigenvalue weighted by Crippen LogP contribution is 2.28. The Balaban J connectivity index is 2.67. The fourth-order valence-electron chi connectivity index (χ4n) is 2.60. The zero-order valence-electron chi connectivity index (χ0n) is 15.0. The lowest BCUT2D eigenvalue weighted by Gasteiger charge is -2.23. The minimum absolute atomic E-state index is 0.0918. The van der Waals surface area contributed by atoms with Crippen LogP contribution in [0.15, 0.2) is 53.9 Å². The molecule has 0 saturated heterocycles. The molecule has 0 radical (unpaired) electrons. The van der Waals surface area contributed by atoms with E-state index in [1.54, 1.807) is 0 Å². The van der Waals surface area contributed by atoms with Gasteiger partial charge in [0.2, 0.25) is 0 Å². The van der Waals surface area contributed by atoms with Gasteiger partial charge in [-0.15, -0.1) is 0 Å². The van der Waals surface area contributed by atoms with Crippen LogP contribution in [0.25, 0.3) is 0 Å². The molecule has 0 unspecified atom stereocenters. The van der Waals surface area contributed by atoms with Gasteiger partial charge in [0, 0.05) is 11.9 Å². The van der Waals surface area contributed by atoms with Crippen LogP contribution < -0.4 is 4.90 Å². The Labute approximate surface area is 159 Å². The fourth-order valence-corrected chi connectivity index (χ4v) is 2.60. The quantitative estimate of drug-likeness (QED) is 0.697. The molecule has 0 saturated carbocycles. The van der Waals surface area contributed by atoms with Gasteiger partial charge in [0.1, 0.15) is 5.70 Å². The Morgan fingerprint density at radius 1 is 1.00 bits per heavy atom. The first-order valence-electron chi connectivity index (χ1n) is 7.93. The van der Waals surface area contributed by atoms with Crippen molar-refractivity contribution in [1.82, 2.24) is 0 Å². The van der Waals surface area contributed by atoms with E-state index in [1.165, 1.54) is 47.5 Å². The number of anilines is 1. The zero-order chi connectivity index (χ0) is 20.8. The molecule has 9 heteroatoms. The Kier molecular flexibility index (Phi) is 6.33. The van der Waals surface area contributed by atoms with Crippen molar-refractivity contribution < 1.29 is 38.9 Å². The number of benzene rings is 1. The summed E-state index contributed by atoms with van der Waals surface area (Å²) in [4.78, 5) is 48.3. The van der Waals surface area contributed by atoms with Gasteiger partial charge in [-0.3, -0.25) is 4.79 Å². The molecule has 1 aromatic rings. The number of allylic oxidation sites excluding steroid dienone is 2. The number of carbonyl (C=O) groups excluding carboxylic acids is 2. The van der Waals surface area contributed by atoms with Crippen LogP contribution in [0.2, 0.25) is 0 Å². The summed E-state index contributed by atoms with van der Waals surface area (Å²) in [5.74, 6) is -4.14. The smallest absolute Gasteiger partial charge is 0.355 e. The molecule has 1 aliphatic rings. The maximum absolute atomic E-state index is 12.4. The molecule has 0 aliphatic carbocycles. The predicted molar refractivity (Wildman–Crippen MR) is 96.6 cm³/mol. The standard InChI is InChI=1S/C19H17NO8/c1-27-18(25)13-5-3-4-8-20(16(13)19(26)28-2)12-7-6-11(9-15(21)22)14(10-12)17(23)24/h3-8,10H,9H2,1-2H3,(H,21,22)(H,23,24). The number of carboxylic acid groups (broad SMARTS) is 2. The van der Waals surface area contributed by atoms with Gasteiger partial charge < -0.3 is 24.6 Å². The molecule has 0 fully saturated rings. The van der Waals surface area contributed by atoms with Crippen LogP contribution in [-0.2, 0) is 30.3 Å². The summed E-state index contributed by atoms with van der Waals surface area (Å²) in [7, 11) is 2.29. The molecule has 0 bridgehead atoms. The lowest BCUT2D eigenvalue weighted by Crippen LogP contribution is -2.27. The average molecular weight is 387 g/mol. The van der Waals surface area contributed by atoms with Crippen molar-refractivity contribution in [3.8, 4) is 0 Å². The second-order valence-corrected chi connectivity index (χ2v) is 5.53. The van der Waals surface area contributed by atoms with E-state index in [2.05, 4.69) is 0 Å². The van der Waals surface area contributed by atoms with Crippen LogP contribution in [0.5, 0.6) is 0 Å². The van der Waals surface area contributed by atoms with E-state index in [1.807, 2.05) is 0 Å². The second-order valence-electron chi connectivity index (χ2n) is 5.53. The first kappa shape index (κ1) is 20.4. The highest BCUT2D eigenvalue weighted by Gasteiger charge is 2.28. The summed E-state index contributed by atoms with van der Waals surface area (Å²) in [5, 5.41) is 18.4. The Morgan fingerprint density at radius 3 is 2.25 bits per heavy atom. The number of methoxy groups -OCH3 is 2. The van der Waals surface area contributed by atoms with E-state index in [0.29, 0.717) is 0 Å². The number of ether oxygens (including phenoxy) is 2. The predicted octanol–water partition coefficient (Wildman–Crippen LogP) is 1.50. The number of esters is 2. The number of hydrogen-bond donors (Lipinski definition) is 2. The Hall–Kier alpha value is -3.88. The van der Waals surface area contributed by atoms with Crippen LogP contribution in [0.4, 0.5) is 5.69 Å². The van der Waals surface area contributed by atoms with Gasteiger partial charge in [-0.25, -0.2) is 14.4 Å². The van der Waals surface area contributed by atoms with Gasteiger partial charge in [-0.05, 0) is 29.8 Å². The molecule has 0 amide bonds. The average Bonchev–Trinajstić information content (AvgIpc) is 2.89. The fraction of sp³-hybridized carbons (Fsp3) is 0.158. The van der Waals surface area contributed by atoms with Gasteiger partial charge >= 0.3 is 23.9 Å². The number of nitrogens with zero attached hydrogens (tertiary/aromatic N) is 1. The highest BCUT2D eigenvalue weighted by atomic mass is 16.5. The normalized spacial score (nSPS) is 13.1. The molecule has 28 heavy (non-hydrogen) atoms. The van der Waals surface area contributed by atoms with Crippen LogP contribution in [-0.4, -0.2) is 48.3 Å². The molecule has 0 atom stereocenters. The van der Waals surface area contributed by atoms with Crippen LogP contribution in [0, 0.1) is 0 Å². The van der Waals surface area contributed by atoms with Gasteiger partial charge in [0.25, 0.3) is 0 Å². The van der Waals surface area contributed by atoms with Crippen molar-refractivity contribution in [3.05, 3.63) is 65.0 Å². The van der Waals surface area contributed by atoms with Crippen LogP contribution in [0.3, 0.4) is 0 Å². The van der Waals surface area contributed by atoms with E-state index >= 15 is 0 Å². The second kappa shape index (κ2) is 8.67. The molecule has 1 aliphatic heterocycles. The number of aliphatic carboxylic acids is 1. The van der Waals surface area contributed by atoms with Crippen molar-refractivity contribution in [2.45, 2.75) is 6.42 Å². The lowest BCUT2D eigenvalue weighted by molar-refractivity contribution is -0.139. The SMILES string of the molecule is COC(=O)C1=C(C(=O)OC)N(c2ccc(CC(=O)O)c(C(=O)O)c2)C=CC=C1. The maximum atomic E-state index is 12.4. The summed E-state index contributed by atoms with van der Waals surface area (Å²) < 4.78 is 9.48. The molecule has 146 valence electrons. The van der Waals surface area contributed by atoms with Gasteiger partial charge in [-0.2, -0.15) is 0 Å². The van der Waals surface area contributed by atoms with Gasteiger partial charge in [-0.1, -0.05) is 12.1 Å². The molecule has 2 N–H and O–H groups in total. The third kappa shape index (κ3) is 4.26. The van der Waals surface area contributed by atoms with Crippen molar-refractivity contribution >= 4 is 29.6 Å². The number of rotatable bonds is 6. The van der Waals surface area contributed by atoms with E-state index in [4.69, 9.17) is 14.6 Å². The topological polar surface area (TPSA) is 130 Å². The summed E-state index contributed by atoms with van der Waals surface area (Å²) in [5.41, 5.74) is -0.201. The molecule has 0 aromatic heterocycles. The first-order valence-corrected chi connectivity index (χ1v) is 7.93. The number of aromatic carboxylic acids is 1. The van der Waals surface area contributed by atoms with E-state index in [9.17, 15) is 24.3 Å². The van der Waals surface area contributed by atoms with E-state index in [0.717, 1.165) is 14.2 Å². The van der Waals surface area contributed by atoms with Crippen molar-refractivity contribution in [2.24, 2.45) is 0 Å². The van der Waals surface area contributed by atoms with Crippen LogP contribution >= 0.6 is 0 Å². The summed E-state index contributed by atoms with van der Waals surface area (Å²) in [6.45, 7) is 0. The zero-order valence-corrected chi connectivity index (χ0v) is 15.0. The van der Waals surface area contributed by atoms with E-state index in [-0.39, 0.29) is 28.1 Å². The summed E-state index contributed by atoms with van der Waals surface area (Å²) in [6, 6.07) is 4.00. The van der Waals surface area contributed by atoms with Crippen molar-refractivity contribution in [3.63, 3.8) is 0 Å². The summed E-state index contributed by atoms with van der Waals surface area (Å²) >= 11 is 0. The highest BCUT2D eigenvalue weighted by molar-refractivity contribution is 6.05. The molecule has 1 heterocycles. The third-order valence-corrected chi connectivity index (χ3v) is 3.83. The molecule has 0 spiro atoms. The minimum atomic E-state index is -1.33. The third-order valence-electron chi connectivity index (χ3n) is 3.83. The molecule has 2 rings (SSSR count). The largest absolute Gasteiger partial charge is 0.481 e. The maximum Gasteiger partial charge on any atom is 0.355 e. The van der Waals surface area contributed by atoms with Crippen molar-refractivity contribution in [1.29, 1.82) is 0 Å². The van der Waals surface area contributed by atoms with E-state index < -0.39 is 30.3 Å². The number of carbonyl (C=O) groups is 4. The lowest BCUT2D eigenvalue weighted by atomic mass is 10.0.